The van der Waals surface area contributed by atoms with Gasteiger partial charge in [0.1, 0.15) is 0 Å². The van der Waals surface area contributed by atoms with Crippen LogP contribution in [0.15, 0.2) is 18.3 Å². The van der Waals surface area contributed by atoms with Gasteiger partial charge in [-0.25, -0.2) is 9.78 Å². The number of carbonyl (C=O) groups excluding carboxylic acids is 1. The number of nitriles is 1. The average Bonchev–Trinajstić information content (AvgIpc) is 2.42. The van der Waals surface area contributed by atoms with Gasteiger partial charge in [-0.3, -0.25) is 4.79 Å². The molecule has 100 valence electrons. The first-order valence-electron chi connectivity index (χ1n) is 5.48. The SMILES string of the molecule is CN(CCC#N)C(=O)COc1cccnc1C(=O)O. The van der Waals surface area contributed by atoms with Crippen molar-refractivity contribution in [3.63, 3.8) is 0 Å². The van der Waals surface area contributed by atoms with Crippen molar-refractivity contribution in [2.45, 2.75) is 6.42 Å². The fourth-order valence-electron chi connectivity index (χ4n) is 1.26. The van der Waals surface area contributed by atoms with Crippen LogP contribution in [0.1, 0.15) is 16.9 Å². The van der Waals surface area contributed by atoms with Gasteiger partial charge in [-0.2, -0.15) is 5.26 Å². The largest absolute Gasteiger partial charge is 0.481 e. The molecule has 1 heterocycles. The Bertz CT molecular complexity index is 510. The number of carboxylic acid groups (broad SMARTS) is 1. The van der Waals surface area contributed by atoms with Crippen molar-refractivity contribution < 1.29 is 19.4 Å². The fraction of sp³-hybridized carbons (Fsp3) is 0.333. The molecule has 0 aliphatic carbocycles. The fourth-order valence-corrected chi connectivity index (χ4v) is 1.26. The monoisotopic (exact) mass is 263 g/mol. The van der Waals surface area contributed by atoms with Gasteiger partial charge < -0.3 is 14.7 Å². The minimum Gasteiger partial charge on any atom is -0.481 e. The van der Waals surface area contributed by atoms with E-state index in [1.165, 1.54) is 23.2 Å². The summed E-state index contributed by atoms with van der Waals surface area (Å²) in [5.74, 6) is -1.52. The summed E-state index contributed by atoms with van der Waals surface area (Å²) in [6.07, 6.45) is 1.56. The Labute approximate surface area is 110 Å². The van der Waals surface area contributed by atoms with Gasteiger partial charge in [0.15, 0.2) is 18.1 Å². The Morgan fingerprint density at radius 1 is 1.58 bits per heavy atom. The quantitative estimate of drug-likeness (QED) is 0.802. The third-order valence-corrected chi connectivity index (χ3v) is 2.31. The lowest BCUT2D eigenvalue weighted by Crippen LogP contribution is -2.32. The van der Waals surface area contributed by atoms with E-state index in [0.717, 1.165) is 0 Å². The molecule has 1 aromatic heterocycles. The number of carbonyl (C=O) groups is 2. The molecule has 1 aromatic rings. The highest BCUT2D eigenvalue weighted by atomic mass is 16.5. The van der Waals surface area contributed by atoms with Crippen LogP contribution in [0.4, 0.5) is 0 Å². The maximum Gasteiger partial charge on any atom is 0.358 e. The molecule has 0 unspecified atom stereocenters. The van der Waals surface area contributed by atoms with E-state index in [9.17, 15) is 9.59 Å². The van der Waals surface area contributed by atoms with Crippen LogP contribution >= 0.6 is 0 Å². The summed E-state index contributed by atoms with van der Waals surface area (Å²) in [4.78, 5) is 27.5. The molecule has 0 aromatic carbocycles. The van der Waals surface area contributed by atoms with E-state index in [1.54, 1.807) is 7.05 Å². The topological polar surface area (TPSA) is 104 Å². The number of nitrogens with zero attached hydrogens (tertiary/aromatic N) is 3. The first kappa shape index (κ1) is 14.4. The summed E-state index contributed by atoms with van der Waals surface area (Å²) in [5.41, 5.74) is -0.241. The van der Waals surface area contributed by atoms with Crippen molar-refractivity contribution in [3.05, 3.63) is 24.0 Å². The molecule has 0 spiro atoms. The molecule has 0 saturated heterocycles. The molecule has 0 saturated carbocycles. The van der Waals surface area contributed by atoms with Crippen molar-refractivity contribution >= 4 is 11.9 Å². The zero-order valence-electron chi connectivity index (χ0n) is 10.4. The molecule has 1 N–H and O–H groups in total. The van der Waals surface area contributed by atoms with Crippen LogP contribution in [-0.4, -0.2) is 47.1 Å². The summed E-state index contributed by atoms with van der Waals surface area (Å²) in [7, 11) is 1.55. The van der Waals surface area contributed by atoms with Gasteiger partial charge in [0.05, 0.1) is 12.5 Å². The molecule has 0 bridgehead atoms. The van der Waals surface area contributed by atoms with Crippen molar-refractivity contribution in [3.8, 4) is 11.8 Å². The second-order valence-corrected chi connectivity index (χ2v) is 3.67. The van der Waals surface area contributed by atoms with Crippen LogP contribution in [0.2, 0.25) is 0 Å². The van der Waals surface area contributed by atoms with Crippen LogP contribution in [-0.2, 0) is 4.79 Å². The standard InChI is InChI=1S/C12H13N3O4/c1-15(7-3-5-13)10(16)8-19-9-4-2-6-14-11(9)12(17)18/h2,4,6H,3,7-8H2,1H3,(H,17,18). The predicted octanol–water partition coefficient (Wildman–Crippen LogP) is 0.531. The number of pyridine rings is 1. The molecule has 0 atom stereocenters. The molecule has 19 heavy (non-hydrogen) atoms. The number of likely N-dealkylation sites (N-methyl/N-ethyl adjacent to an activating group) is 1. The smallest absolute Gasteiger partial charge is 0.358 e. The van der Waals surface area contributed by atoms with Gasteiger partial charge in [-0.15, -0.1) is 0 Å². The van der Waals surface area contributed by atoms with E-state index in [0.29, 0.717) is 6.54 Å². The highest BCUT2D eigenvalue weighted by Crippen LogP contribution is 2.14. The summed E-state index contributed by atoms with van der Waals surface area (Å²) in [5, 5.41) is 17.3. The number of amides is 1. The third kappa shape index (κ3) is 4.27. The zero-order chi connectivity index (χ0) is 14.3. The van der Waals surface area contributed by atoms with Gasteiger partial charge in [0.2, 0.25) is 0 Å². The lowest BCUT2D eigenvalue weighted by atomic mass is 10.3. The maximum atomic E-state index is 11.6. The summed E-state index contributed by atoms with van der Waals surface area (Å²) in [6, 6.07) is 4.88. The Kier molecular flexibility index (Phi) is 5.29. The molecule has 0 aliphatic rings. The van der Waals surface area contributed by atoms with E-state index >= 15 is 0 Å². The summed E-state index contributed by atoms with van der Waals surface area (Å²) >= 11 is 0. The third-order valence-electron chi connectivity index (χ3n) is 2.31. The van der Waals surface area contributed by atoms with Gasteiger partial charge in [0, 0.05) is 19.8 Å². The second-order valence-electron chi connectivity index (χ2n) is 3.67. The summed E-state index contributed by atoms with van der Waals surface area (Å²) in [6.45, 7) is 0.00538. The van der Waals surface area contributed by atoms with Crippen molar-refractivity contribution in [2.75, 3.05) is 20.2 Å². The molecular weight excluding hydrogens is 250 g/mol. The first-order valence-corrected chi connectivity index (χ1v) is 5.48. The molecular formula is C12H13N3O4. The van der Waals surface area contributed by atoms with E-state index in [2.05, 4.69) is 4.98 Å². The van der Waals surface area contributed by atoms with E-state index in [1.807, 2.05) is 6.07 Å². The Morgan fingerprint density at radius 3 is 2.95 bits per heavy atom. The van der Waals surface area contributed by atoms with Crippen LogP contribution in [0.5, 0.6) is 5.75 Å². The van der Waals surface area contributed by atoms with Crippen molar-refractivity contribution in [1.82, 2.24) is 9.88 Å². The molecule has 0 radical (unpaired) electrons. The van der Waals surface area contributed by atoms with Crippen molar-refractivity contribution in [2.24, 2.45) is 0 Å². The number of ether oxygens (including phenoxy) is 1. The highest BCUT2D eigenvalue weighted by molar-refractivity contribution is 5.88. The lowest BCUT2D eigenvalue weighted by Gasteiger charge is -2.16. The van der Waals surface area contributed by atoms with Crippen LogP contribution in [0.3, 0.4) is 0 Å². The van der Waals surface area contributed by atoms with E-state index in [-0.39, 0.29) is 30.4 Å². The Balaban J connectivity index is 2.60. The number of aromatic carboxylic acids is 1. The minimum atomic E-state index is -1.22. The predicted molar refractivity (Wildman–Crippen MR) is 64.6 cm³/mol. The van der Waals surface area contributed by atoms with Crippen LogP contribution in [0.25, 0.3) is 0 Å². The molecule has 7 nitrogen and oxygen atoms in total. The van der Waals surface area contributed by atoms with Gasteiger partial charge in [-0.1, -0.05) is 0 Å². The van der Waals surface area contributed by atoms with Crippen LogP contribution < -0.4 is 4.74 Å². The molecule has 0 aliphatic heterocycles. The first-order chi connectivity index (χ1) is 9.06. The normalized spacial score (nSPS) is 9.47. The minimum absolute atomic E-state index is 0.0389. The molecule has 1 rings (SSSR count). The molecule has 7 heteroatoms. The number of hydrogen-bond acceptors (Lipinski definition) is 5. The van der Waals surface area contributed by atoms with Crippen molar-refractivity contribution in [1.29, 1.82) is 5.26 Å². The molecule has 1 amide bonds. The zero-order valence-corrected chi connectivity index (χ0v) is 10.4. The molecule has 0 fully saturated rings. The average molecular weight is 263 g/mol. The number of aromatic nitrogens is 1. The lowest BCUT2D eigenvalue weighted by molar-refractivity contribution is -0.132. The Morgan fingerprint density at radius 2 is 2.32 bits per heavy atom. The maximum absolute atomic E-state index is 11.6. The van der Waals surface area contributed by atoms with Crippen LogP contribution in [0, 0.1) is 11.3 Å². The highest BCUT2D eigenvalue weighted by Gasteiger charge is 2.15. The Hall–Kier alpha value is -2.62. The van der Waals surface area contributed by atoms with E-state index < -0.39 is 5.97 Å². The number of carboxylic acids is 1. The van der Waals surface area contributed by atoms with Gasteiger partial charge in [-0.05, 0) is 12.1 Å². The van der Waals surface area contributed by atoms with Gasteiger partial charge >= 0.3 is 5.97 Å². The number of rotatable bonds is 6. The van der Waals surface area contributed by atoms with Gasteiger partial charge in [0.25, 0.3) is 5.91 Å². The number of hydrogen-bond donors (Lipinski definition) is 1. The van der Waals surface area contributed by atoms with E-state index in [4.69, 9.17) is 15.1 Å². The summed E-state index contributed by atoms with van der Waals surface area (Å²) < 4.78 is 5.14. The second kappa shape index (κ2) is 6.96.